The maximum Gasteiger partial charge on any atom is 0.178 e. The fourth-order valence-corrected chi connectivity index (χ4v) is 7.01. The molecule has 142 valence electrons. The number of carbonyl (C=O) groups excluding carboxylic acids is 3. The third kappa shape index (κ3) is 2.07. The molecule has 0 aliphatic heterocycles. The molecule has 3 saturated carbocycles. The van der Waals surface area contributed by atoms with E-state index in [1.165, 1.54) is 0 Å². The standard InChI is InChI=1S/C21H29NO4/c1-19-7-5-13(23)9-12(19)3-4-14-15-6-8-21(26,17(25)11-22)20(15,2)10-16(24)18(14)19/h9,14-15,18,26H,3-8,10-11,22H2,1-2H3/t14-,15-,18+,19+,20-,21-/m1/s1. The summed E-state index contributed by atoms with van der Waals surface area (Å²) >= 11 is 0. The van der Waals surface area contributed by atoms with Crippen LogP contribution in [0.2, 0.25) is 0 Å². The average Bonchev–Trinajstić information content (AvgIpc) is 2.86. The third-order valence-electron chi connectivity index (χ3n) is 8.45. The Morgan fingerprint density at radius 1 is 1.23 bits per heavy atom. The fourth-order valence-electron chi connectivity index (χ4n) is 7.01. The van der Waals surface area contributed by atoms with Gasteiger partial charge in [-0.15, -0.1) is 0 Å². The number of aliphatic hydroxyl groups is 1. The van der Waals surface area contributed by atoms with E-state index in [1.807, 2.05) is 6.92 Å². The Morgan fingerprint density at radius 3 is 2.65 bits per heavy atom. The van der Waals surface area contributed by atoms with Gasteiger partial charge < -0.3 is 10.8 Å². The number of allylic oxidation sites excluding steroid dienone is 1. The number of ketones is 3. The lowest BCUT2D eigenvalue weighted by Gasteiger charge is -2.57. The molecule has 3 N–H and O–H groups in total. The first-order valence-electron chi connectivity index (χ1n) is 9.90. The van der Waals surface area contributed by atoms with Gasteiger partial charge in [0.05, 0.1) is 6.54 Å². The number of rotatable bonds is 2. The summed E-state index contributed by atoms with van der Waals surface area (Å²) in [6, 6.07) is 0. The van der Waals surface area contributed by atoms with Crippen molar-refractivity contribution in [3.63, 3.8) is 0 Å². The first-order chi connectivity index (χ1) is 12.2. The van der Waals surface area contributed by atoms with Gasteiger partial charge >= 0.3 is 0 Å². The van der Waals surface area contributed by atoms with E-state index >= 15 is 0 Å². The van der Waals surface area contributed by atoms with Gasteiger partial charge in [0, 0.05) is 24.2 Å². The summed E-state index contributed by atoms with van der Waals surface area (Å²) in [5.74, 6) is 0.232. The highest BCUT2D eigenvalue weighted by atomic mass is 16.3. The lowest BCUT2D eigenvalue weighted by Crippen LogP contribution is -2.61. The molecule has 0 spiro atoms. The van der Waals surface area contributed by atoms with Gasteiger partial charge in [0.1, 0.15) is 11.4 Å². The highest BCUT2D eigenvalue weighted by Gasteiger charge is 2.68. The van der Waals surface area contributed by atoms with Crippen LogP contribution in [-0.2, 0) is 14.4 Å². The molecule has 4 rings (SSSR count). The van der Waals surface area contributed by atoms with E-state index < -0.39 is 11.0 Å². The molecule has 3 fully saturated rings. The Kier molecular flexibility index (Phi) is 3.88. The maximum atomic E-state index is 13.4. The van der Waals surface area contributed by atoms with E-state index in [4.69, 9.17) is 5.73 Å². The van der Waals surface area contributed by atoms with Crippen molar-refractivity contribution in [1.82, 2.24) is 0 Å². The first kappa shape index (κ1) is 18.1. The topological polar surface area (TPSA) is 97.5 Å². The number of fused-ring (bicyclic) bond motifs is 5. The van der Waals surface area contributed by atoms with Crippen molar-refractivity contribution in [2.75, 3.05) is 6.54 Å². The van der Waals surface area contributed by atoms with Crippen molar-refractivity contribution in [2.45, 2.75) is 64.4 Å². The quantitative estimate of drug-likeness (QED) is 0.785. The van der Waals surface area contributed by atoms with Crippen LogP contribution in [0.1, 0.15) is 58.8 Å². The largest absolute Gasteiger partial charge is 0.381 e. The number of Topliss-reactive ketones (excluding diaryl/α,β-unsaturated/α-hetero) is 2. The SMILES string of the molecule is C[C@]12CCC(=O)C=C1CC[C@H]1[C@H]2C(=O)C[C@]2(C)[C@@H]1CC[C@@]2(O)C(=O)CN. The van der Waals surface area contributed by atoms with Crippen molar-refractivity contribution in [3.8, 4) is 0 Å². The smallest absolute Gasteiger partial charge is 0.178 e. The molecular weight excluding hydrogens is 330 g/mol. The fraction of sp³-hybridized carbons (Fsp3) is 0.762. The zero-order valence-electron chi connectivity index (χ0n) is 15.7. The van der Waals surface area contributed by atoms with Gasteiger partial charge in [-0.3, -0.25) is 14.4 Å². The van der Waals surface area contributed by atoms with Crippen LogP contribution < -0.4 is 5.73 Å². The first-order valence-corrected chi connectivity index (χ1v) is 9.90. The van der Waals surface area contributed by atoms with Crippen LogP contribution in [-0.4, -0.2) is 34.6 Å². The third-order valence-corrected chi connectivity index (χ3v) is 8.45. The summed E-state index contributed by atoms with van der Waals surface area (Å²) in [4.78, 5) is 37.7. The number of hydrogen-bond donors (Lipinski definition) is 2. The van der Waals surface area contributed by atoms with Gasteiger partial charge in [-0.1, -0.05) is 19.4 Å². The molecule has 26 heavy (non-hydrogen) atoms. The molecule has 0 saturated heterocycles. The van der Waals surface area contributed by atoms with Crippen molar-refractivity contribution < 1.29 is 19.5 Å². The maximum absolute atomic E-state index is 13.4. The van der Waals surface area contributed by atoms with Crippen LogP contribution in [0.4, 0.5) is 0 Å². The summed E-state index contributed by atoms with van der Waals surface area (Å²) in [7, 11) is 0. The summed E-state index contributed by atoms with van der Waals surface area (Å²) in [5, 5.41) is 11.2. The molecule has 0 amide bonds. The Hall–Kier alpha value is -1.33. The van der Waals surface area contributed by atoms with Crippen LogP contribution in [0.25, 0.3) is 0 Å². The number of hydrogen-bond acceptors (Lipinski definition) is 5. The number of carbonyl (C=O) groups is 3. The van der Waals surface area contributed by atoms with E-state index in [2.05, 4.69) is 6.92 Å². The Bertz CT molecular complexity index is 728. The second-order valence-electron chi connectivity index (χ2n) is 9.43. The van der Waals surface area contributed by atoms with E-state index in [1.54, 1.807) is 6.08 Å². The number of nitrogens with two attached hydrogens (primary N) is 1. The molecule has 0 aromatic carbocycles. The van der Waals surface area contributed by atoms with Crippen molar-refractivity contribution in [2.24, 2.45) is 34.3 Å². The van der Waals surface area contributed by atoms with E-state index in [9.17, 15) is 19.5 Å². The summed E-state index contributed by atoms with van der Waals surface area (Å²) < 4.78 is 0. The lowest BCUT2D eigenvalue weighted by molar-refractivity contribution is -0.168. The predicted octanol–water partition coefficient (Wildman–Crippen LogP) is 1.96. The van der Waals surface area contributed by atoms with Gasteiger partial charge in [0.25, 0.3) is 0 Å². The molecule has 0 bridgehead atoms. The molecule has 0 aromatic heterocycles. The summed E-state index contributed by atoms with van der Waals surface area (Å²) in [6.45, 7) is 3.88. The summed E-state index contributed by atoms with van der Waals surface area (Å²) in [6.07, 6.45) is 6.13. The van der Waals surface area contributed by atoms with Crippen LogP contribution in [0.3, 0.4) is 0 Å². The van der Waals surface area contributed by atoms with Crippen LogP contribution in [0.5, 0.6) is 0 Å². The van der Waals surface area contributed by atoms with Gasteiger partial charge in [-0.05, 0) is 55.4 Å². The molecule has 5 heteroatoms. The monoisotopic (exact) mass is 359 g/mol. The predicted molar refractivity (Wildman–Crippen MR) is 96.1 cm³/mol. The Balaban J connectivity index is 1.75. The van der Waals surface area contributed by atoms with E-state index in [0.717, 1.165) is 31.3 Å². The zero-order valence-corrected chi connectivity index (χ0v) is 15.7. The second kappa shape index (κ2) is 5.59. The van der Waals surface area contributed by atoms with Gasteiger partial charge in [-0.2, -0.15) is 0 Å². The minimum absolute atomic E-state index is 0.0935. The van der Waals surface area contributed by atoms with Gasteiger partial charge in [0.15, 0.2) is 11.6 Å². The van der Waals surface area contributed by atoms with Crippen LogP contribution >= 0.6 is 0 Å². The minimum atomic E-state index is -1.48. The molecule has 4 aliphatic carbocycles. The van der Waals surface area contributed by atoms with Crippen molar-refractivity contribution in [1.29, 1.82) is 0 Å². The highest BCUT2D eigenvalue weighted by molar-refractivity contribution is 5.94. The van der Waals surface area contributed by atoms with Gasteiger partial charge in [-0.25, -0.2) is 0 Å². The zero-order chi connectivity index (χ0) is 18.9. The van der Waals surface area contributed by atoms with E-state index in [-0.39, 0.29) is 53.5 Å². The molecule has 0 aromatic rings. The molecule has 6 atom stereocenters. The minimum Gasteiger partial charge on any atom is -0.381 e. The Morgan fingerprint density at radius 2 is 1.96 bits per heavy atom. The van der Waals surface area contributed by atoms with E-state index in [0.29, 0.717) is 12.8 Å². The molecule has 0 unspecified atom stereocenters. The van der Waals surface area contributed by atoms with Crippen LogP contribution in [0, 0.1) is 28.6 Å². The second-order valence-corrected chi connectivity index (χ2v) is 9.43. The lowest BCUT2D eigenvalue weighted by atomic mass is 9.46. The van der Waals surface area contributed by atoms with Gasteiger partial charge in [0.2, 0.25) is 0 Å². The average molecular weight is 359 g/mol. The molecule has 5 nitrogen and oxygen atoms in total. The Labute approximate surface area is 154 Å². The molecule has 0 heterocycles. The summed E-state index contributed by atoms with van der Waals surface area (Å²) in [5.41, 5.74) is 4.27. The highest BCUT2D eigenvalue weighted by Crippen LogP contribution is 2.66. The molecular formula is C21H29NO4. The van der Waals surface area contributed by atoms with Crippen molar-refractivity contribution >= 4 is 17.3 Å². The normalized spacial score (nSPS) is 47.7. The van der Waals surface area contributed by atoms with Crippen molar-refractivity contribution in [3.05, 3.63) is 11.6 Å². The molecule has 4 aliphatic rings. The van der Waals surface area contributed by atoms with Crippen LogP contribution in [0.15, 0.2) is 11.6 Å². The molecule has 0 radical (unpaired) electrons.